The summed E-state index contributed by atoms with van der Waals surface area (Å²) in [7, 11) is 0. The zero-order valence-corrected chi connectivity index (χ0v) is 22.0. The molecule has 1 unspecified atom stereocenters. The van der Waals surface area contributed by atoms with Gasteiger partial charge in [0.1, 0.15) is 12.4 Å². The lowest BCUT2D eigenvalue weighted by atomic mass is 10.1. The van der Waals surface area contributed by atoms with Crippen LogP contribution in [-0.4, -0.2) is 38.9 Å². The summed E-state index contributed by atoms with van der Waals surface area (Å²) in [6, 6.07) is 24.1. The van der Waals surface area contributed by atoms with E-state index in [9.17, 15) is 9.59 Å². The highest BCUT2D eigenvalue weighted by atomic mass is 16.2. The van der Waals surface area contributed by atoms with Crippen molar-refractivity contribution in [2.24, 2.45) is 0 Å². The molecule has 1 fully saturated rings. The lowest BCUT2D eigenvalue weighted by Gasteiger charge is -2.28. The van der Waals surface area contributed by atoms with Crippen LogP contribution in [0.15, 0.2) is 72.8 Å². The fraction of sp³-hybridized carbons (Fsp3) is 0.323. The molecule has 1 atom stereocenters. The number of amides is 2. The Morgan fingerprint density at radius 2 is 1.73 bits per heavy atom. The number of fused-ring (bicyclic) bond motifs is 1. The summed E-state index contributed by atoms with van der Waals surface area (Å²) in [5.74, 6) is 0.851. The second kappa shape index (κ2) is 10.2. The highest BCUT2D eigenvalue weighted by Gasteiger charge is 2.36. The molecule has 4 aromatic rings. The van der Waals surface area contributed by atoms with Gasteiger partial charge in [0.05, 0.1) is 11.0 Å². The average molecular weight is 495 g/mol. The lowest BCUT2D eigenvalue weighted by molar-refractivity contribution is -0.134. The van der Waals surface area contributed by atoms with Crippen molar-refractivity contribution in [1.29, 1.82) is 0 Å². The number of carbonyl (C=O) groups excluding carboxylic acids is 2. The van der Waals surface area contributed by atoms with E-state index in [2.05, 4.69) is 19.9 Å². The number of anilines is 1. The third-order valence-electron chi connectivity index (χ3n) is 7.47. The predicted octanol–water partition coefficient (Wildman–Crippen LogP) is 5.61. The molecular formula is C31H34N4O2. The van der Waals surface area contributed by atoms with E-state index in [-0.39, 0.29) is 30.3 Å². The quantitative estimate of drug-likeness (QED) is 0.336. The smallest absolute Gasteiger partial charge is 0.243 e. The number of aryl methyl sites for hydroxylation is 1. The molecular weight excluding hydrogens is 460 g/mol. The first-order valence-electron chi connectivity index (χ1n) is 13.0. The second-order valence-corrected chi connectivity index (χ2v) is 10.3. The predicted molar refractivity (Wildman–Crippen MR) is 147 cm³/mol. The van der Waals surface area contributed by atoms with Crippen molar-refractivity contribution >= 4 is 28.5 Å². The summed E-state index contributed by atoms with van der Waals surface area (Å²) in [6.07, 6.45) is 0.378. The number of imidazole rings is 1. The Morgan fingerprint density at radius 1 is 1.00 bits per heavy atom. The molecule has 0 radical (unpaired) electrons. The van der Waals surface area contributed by atoms with Gasteiger partial charge in [-0.25, -0.2) is 4.98 Å². The topological polar surface area (TPSA) is 58.4 Å². The number of aromatic nitrogens is 2. The maximum Gasteiger partial charge on any atom is 0.243 e. The Morgan fingerprint density at radius 3 is 2.49 bits per heavy atom. The van der Waals surface area contributed by atoms with E-state index in [4.69, 9.17) is 4.98 Å². The summed E-state index contributed by atoms with van der Waals surface area (Å²) in [4.78, 5) is 35.6. The molecule has 6 nitrogen and oxygen atoms in total. The molecule has 1 saturated heterocycles. The Labute approximate surface area is 218 Å². The van der Waals surface area contributed by atoms with Gasteiger partial charge in [-0.2, -0.15) is 0 Å². The SMILES string of the molecule is Cc1cccc(N2CC(c3nc4ccccc4n3CC(=O)N(Cc3ccccc3)C(C)C)CC2=O)c1C. The van der Waals surface area contributed by atoms with Crippen LogP contribution in [0.1, 0.15) is 48.7 Å². The van der Waals surface area contributed by atoms with Gasteiger partial charge < -0.3 is 14.4 Å². The van der Waals surface area contributed by atoms with E-state index in [0.29, 0.717) is 19.5 Å². The van der Waals surface area contributed by atoms with E-state index in [0.717, 1.165) is 33.7 Å². The van der Waals surface area contributed by atoms with Crippen molar-refractivity contribution in [3.8, 4) is 0 Å². The molecule has 190 valence electrons. The minimum Gasteiger partial charge on any atom is -0.334 e. The molecule has 0 saturated carbocycles. The largest absolute Gasteiger partial charge is 0.334 e. The molecule has 2 amide bonds. The molecule has 0 spiro atoms. The number of carbonyl (C=O) groups is 2. The normalized spacial score (nSPS) is 15.6. The van der Waals surface area contributed by atoms with Crippen molar-refractivity contribution < 1.29 is 9.59 Å². The molecule has 5 rings (SSSR count). The van der Waals surface area contributed by atoms with Crippen molar-refractivity contribution in [1.82, 2.24) is 14.5 Å². The van der Waals surface area contributed by atoms with Crippen LogP contribution < -0.4 is 4.90 Å². The molecule has 6 heteroatoms. The van der Waals surface area contributed by atoms with Gasteiger partial charge in [-0.05, 0) is 62.6 Å². The molecule has 1 aromatic heterocycles. The van der Waals surface area contributed by atoms with Gasteiger partial charge in [-0.3, -0.25) is 9.59 Å². The van der Waals surface area contributed by atoms with Crippen LogP contribution >= 0.6 is 0 Å². The third-order valence-corrected chi connectivity index (χ3v) is 7.47. The van der Waals surface area contributed by atoms with Crippen LogP contribution in [0.2, 0.25) is 0 Å². The fourth-order valence-electron chi connectivity index (χ4n) is 5.28. The summed E-state index contributed by atoms with van der Waals surface area (Å²) in [5.41, 5.74) is 6.12. The fourth-order valence-corrected chi connectivity index (χ4v) is 5.28. The minimum absolute atomic E-state index is 0.0407. The number of nitrogens with zero attached hydrogens (tertiary/aromatic N) is 4. The van der Waals surface area contributed by atoms with E-state index in [1.165, 1.54) is 5.56 Å². The van der Waals surface area contributed by atoms with Gasteiger partial charge in [0.2, 0.25) is 11.8 Å². The summed E-state index contributed by atoms with van der Waals surface area (Å²) < 4.78 is 2.03. The van der Waals surface area contributed by atoms with Gasteiger partial charge in [-0.15, -0.1) is 0 Å². The third kappa shape index (κ3) is 4.88. The van der Waals surface area contributed by atoms with Crippen molar-refractivity contribution in [3.05, 3.63) is 95.3 Å². The summed E-state index contributed by atoms with van der Waals surface area (Å²) in [6.45, 7) is 9.52. The van der Waals surface area contributed by atoms with Crippen molar-refractivity contribution in [2.45, 2.75) is 59.2 Å². The van der Waals surface area contributed by atoms with E-state index in [1.807, 2.05) is 94.9 Å². The number of para-hydroxylation sites is 2. The number of rotatable bonds is 7. The van der Waals surface area contributed by atoms with Gasteiger partial charge in [0, 0.05) is 37.2 Å². The zero-order chi connectivity index (χ0) is 26.1. The second-order valence-electron chi connectivity index (χ2n) is 10.3. The van der Waals surface area contributed by atoms with Crippen LogP contribution in [0.3, 0.4) is 0 Å². The molecule has 1 aliphatic rings. The first kappa shape index (κ1) is 24.8. The minimum atomic E-state index is -0.0887. The van der Waals surface area contributed by atoms with Crippen molar-refractivity contribution in [2.75, 3.05) is 11.4 Å². The van der Waals surface area contributed by atoms with Gasteiger partial charge >= 0.3 is 0 Å². The summed E-state index contributed by atoms with van der Waals surface area (Å²) >= 11 is 0. The monoisotopic (exact) mass is 494 g/mol. The maximum atomic E-state index is 13.7. The standard InChI is InChI=1S/C31H34N4O2/c1-21(2)33(18-24-12-6-5-7-13-24)30(37)20-35-28-15-9-8-14-26(28)32-31(35)25-17-29(36)34(19-25)27-16-10-11-22(3)23(27)4/h5-16,21,25H,17-20H2,1-4H3. The van der Waals surface area contributed by atoms with Gasteiger partial charge in [-0.1, -0.05) is 54.6 Å². The Bertz CT molecular complexity index is 1440. The Hall–Kier alpha value is -3.93. The molecule has 1 aliphatic heterocycles. The highest BCUT2D eigenvalue weighted by Crippen LogP contribution is 2.35. The Balaban J connectivity index is 1.46. The van der Waals surface area contributed by atoms with Gasteiger partial charge in [0.15, 0.2) is 0 Å². The number of benzene rings is 3. The first-order chi connectivity index (χ1) is 17.8. The molecule has 0 aliphatic carbocycles. The van der Waals surface area contributed by atoms with Crippen molar-refractivity contribution in [3.63, 3.8) is 0 Å². The van der Waals surface area contributed by atoms with E-state index < -0.39 is 0 Å². The van der Waals surface area contributed by atoms with Crippen LogP contribution in [0.25, 0.3) is 11.0 Å². The van der Waals surface area contributed by atoms with Crippen LogP contribution in [0, 0.1) is 13.8 Å². The molecule has 0 bridgehead atoms. The van der Waals surface area contributed by atoms with E-state index >= 15 is 0 Å². The zero-order valence-electron chi connectivity index (χ0n) is 22.0. The molecule has 37 heavy (non-hydrogen) atoms. The average Bonchev–Trinajstić information content (AvgIpc) is 3.45. The summed E-state index contributed by atoms with van der Waals surface area (Å²) in [5, 5.41) is 0. The molecule has 0 N–H and O–H groups in total. The highest BCUT2D eigenvalue weighted by molar-refractivity contribution is 5.97. The number of hydrogen-bond acceptors (Lipinski definition) is 3. The first-order valence-corrected chi connectivity index (χ1v) is 13.0. The van der Waals surface area contributed by atoms with Crippen LogP contribution in [-0.2, 0) is 22.7 Å². The van der Waals surface area contributed by atoms with Crippen LogP contribution in [0.5, 0.6) is 0 Å². The molecule has 2 heterocycles. The lowest BCUT2D eigenvalue weighted by Crippen LogP contribution is -2.39. The Kier molecular flexibility index (Phi) is 6.83. The molecule has 3 aromatic carbocycles. The van der Waals surface area contributed by atoms with E-state index in [1.54, 1.807) is 0 Å². The number of hydrogen-bond donors (Lipinski definition) is 0. The maximum absolute atomic E-state index is 13.7. The van der Waals surface area contributed by atoms with Crippen LogP contribution in [0.4, 0.5) is 5.69 Å². The van der Waals surface area contributed by atoms with Gasteiger partial charge in [0.25, 0.3) is 0 Å².